The van der Waals surface area contributed by atoms with Crippen molar-refractivity contribution in [2.24, 2.45) is 0 Å². The van der Waals surface area contributed by atoms with Gasteiger partial charge in [0.2, 0.25) is 0 Å². The number of carbonyl (C=O) groups excluding carboxylic acids is 2. The average molecular weight is 656 g/mol. The van der Waals surface area contributed by atoms with E-state index in [1.165, 1.54) is 44.9 Å². The van der Waals surface area contributed by atoms with Crippen LogP contribution in [-0.4, -0.2) is 163 Å². The highest BCUT2D eigenvalue weighted by atomic mass is 16.4. The Labute approximate surface area is 266 Å². The molecular weight excluding hydrogens is 594 g/mol. The van der Waals surface area contributed by atoms with Gasteiger partial charge in [0.15, 0.2) is 12.2 Å². The lowest BCUT2D eigenvalue weighted by Crippen LogP contribution is -2.52. The zero-order valence-electron chi connectivity index (χ0n) is 26.8. The van der Waals surface area contributed by atoms with Crippen molar-refractivity contribution in [3.63, 3.8) is 0 Å². The third-order valence-corrected chi connectivity index (χ3v) is 7.78. The van der Waals surface area contributed by atoms with E-state index in [9.17, 15) is 50.4 Å². The summed E-state index contributed by atoms with van der Waals surface area (Å²) in [5, 5.41) is 101. The van der Waals surface area contributed by atoms with E-state index in [0.717, 1.165) is 25.8 Å². The van der Waals surface area contributed by atoms with Crippen LogP contribution in [-0.2, 0) is 9.59 Å². The van der Waals surface area contributed by atoms with E-state index in [4.69, 9.17) is 10.2 Å². The van der Waals surface area contributed by atoms with Crippen molar-refractivity contribution in [2.75, 3.05) is 45.9 Å². The number of amides is 2. The maximum atomic E-state index is 12.2. The number of hydrogen-bond donors (Lipinski definition) is 12. The van der Waals surface area contributed by atoms with Gasteiger partial charge < -0.3 is 66.6 Å². The first-order chi connectivity index (χ1) is 21.4. The first-order valence-corrected chi connectivity index (χ1v) is 16.4. The van der Waals surface area contributed by atoms with Gasteiger partial charge in [-0.25, -0.2) is 0 Å². The molecule has 0 aromatic rings. The third kappa shape index (κ3) is 19.0. The van der Waals surface area contributed by atoms with E-state index in [-0.39, 0.29) is 13.1 Å². The van der Waals surface area contributed by atoms with Crippen LogP contribution in [0.5, 0.6) is 0 Å². The Morgan fingerprint density at radius 2 is 0.844 bits per heavy atom. The summed E-state index contributed by atoms with van der Waals surface area (Å²) in [6, 6.07) is 0. The largest absolute Gasteiger partial charge is 0.394 e. The van der Waals surface area contributed by atoms with Gasteiger partial charge in [-0.15, -0.1) is 0 Å². The number of nitrogens with zero attached hydrogens (tertiary/aromatic N) is 1. The Morgan fingerprint density at radius 3 is 1.20 bits per heavy atom. The SMILES string of the molecule is CCCCCCCCCCCCN(CCCNC(=O)[C@H](O)[C@@H](O)[C@H](O)[C@H](O)CO)CCCNC(=O)[C@H](O)[C@@H](O)[C@H](O)[C@H](O)CO. The predicted molar refractivity (Wildman–Crippen MR) is 166 cm³/mol. The fraction of sp³-hybridized carbons (Fsp3) is 0.933. The molecule has 2 amide bonds. The molecule has 12 N–H and O–H groups in total. The number of hydrogen-bond acceptors (Lipinski definition) is 13. The van der Waals surface area contributed by atoms with Crippen molar-refractivity contribution in [3.8, 4) is 0 Å². The van der Waals surface area contributed by atoms with E-state index >= 15 is 0 Å². The van der Waals surface area contributed by atoms with Gasteiger partial charge in [0.25, 0.3) is 11.8 Å². The molecule has 0 aromatic heterocycles. The number of nitrogens with one attached hydrogen (secondary N) is 2. The van der Waals surface area contributed by atoms with Gasteiger partial charge in [0.1, 0.15) is 36.6 Å². The van der Waals surface area contributed by atoms with Gasteiger partial charge in [0.05, 0.1) is 13.2 Å². The van der Waals surface area contributed by atoms with Crippen molar-refractivity contribution in [2.45, 2.75) is 133 Å². The molecule has 0 unspecified atom stereocenters. The molecule has 45 heavy (non-hydrogen) atoms. The molecule has 0 rings (SSSR count). The van der Waals surface area contributed by atoms with Gasteiger partial charge in [0, 0.05) is 13.1 Å². The van der Waals surface area contributed by atoms with Crippen LogP contribution >= 0.6 is 0 Å². The molecule has 0 aliphatic carbocycles. The molecule has 0 aromatic carbocycles. The van der Waals surface area contributed by atoms with Crippen molar-refractivity contribution < 1.29 is 60.7 Å². The molecule has 0 spiro atoms. The molecule has 0 heterocycles. The zero-order valence-corrected chi connectivity index (χ0v) is 26.8. The molecular formula is C30H61N3O12. The lowest BCUT2D eigenvalue weighted by Gasteiger charge is -2.26. The van der Waals surface area contributed by atoms with Crippen molar-refractivity contribution in [1.29, 1.82) is 0 Å². The molecule has 8 atom stereocenters. The van der Waals surface area contributed by atoms with Crippen LogP contribution in [0.1, 0.15) is 84.0 Å². The van der Waals surface area contributed by atoms with Crippen LogP contribution in [0.2, 0.25) is 0 Å². The fourth-order valence-electron chi connectivity index (χ4n) is 4.75. The second kappa shape index (κ2) is 26.6. The lowest BCUT2D eigenvalue weighted by atomic mass is 10.0. The standard InChI is InChI=1S/C30H61N3O12/c1-2-3-4-5-6-7-8-9-10-11-16-33(17-12-14-31-29(44)27(42)25(40)23(38)21(36)19-34)18-13-15-32-30(45)28(43)26(41)24(39)22(37)20-35/h21-28,34-43H,2-20H2,1H3,(H,31,44)(H,32,45)/t21-,22-,23-,24-,25+,26+,27-,28-/m1/s1. The molecule has 0 fully saturated rings. The van der Waals surface area contributed by atoms with Crippen LogP contribution in [0.3, 0.4) is 0 Å². The van der Waals surface area contributed by atoms with Crippen molar-refractivity contribution in [1.82, 2.24) is 15.5 Å². The summed E-state index contributed by atoms with van der Waals surface area (Å²) in [5.74, 6) is -1.87. The Hall–Kier alpha value is -1.50. The molecule has 0 aliphatic rings. The highest BCUT2D eigenvalue weighted by molar-refractivity contribution is 5.81. The summed E-state index contributed by atoms with van der Waals surface area (Å²) in [4.78, 5) is 26.5. The summed E-state index contributed by atoms with van der Waals surface area (Å²) in [5.41, 5.74) is 0. The minimum Gasteiger partial charge on any atom is -0.394 e. The fourth-order valence-corrected chi connectivity index (χ4v) is 4.75. The number of unbranched alkanes of at least 4 members (excludes halogenated alkanes) is 9. The highest BCUT2D eigenvalue weighted by Crippen LogP contribution is 2.11. The van der Waals surface area contributed by atoms with Gasteiger partial charge in [-0.2, -0.15) is 0 Å². The molecule has 0 saturated heterocycles. The van der Waals surface area contributed by atoms with Crippen LogP contribution in [0, 0.1) is 0 Å². The molecule has 268 valence electrons. The first kappa shape index (κ1) is 43.5. The molecule has 0 saturated carbocycles. The Bertz CT molecular complexity index is 705. The van der Waals surface area contributed by atoms with E-state index in [1.54, 1.807) is 0 Å². The lowest BCUT2D eigenvalue weighted by molar-refractivity contribution is -0.149. The van der Waals surface area contributed by atoms with Crippen LogP contribution < -0.4 is 10.6 Å². The maximum Gasteiger partial charge on any atom is 0.251 e. The average Bonchev–Trinajstić information content (AvgIpc) is 3.05. The van der Waals surface area contributed by atoms with Crippen LogP contribution in [0.4, 0.5) is 0 Å². The Morgan fingerprint density at radius 1 is 0.511 bits per heavy atom. The minimum atomic E-state index is -2.01. The molecule has 0 radical (unpaired) electrons. The van der Waals surface area contributed by atoms with Crippen LogP contribution in [0.15, 0.2) is 0 Å². The summed E-state index contributed by atoms with van der Waals surface area (Å²) >= 11 is 0. The summed E-state index contributed by atoms with van der Waals surface area (Å²) in [6.07, 6.45) is -2.42. The van der Waals surface area contributed by atoms with E-state index in [0.29, 0.717) is 25.9 Å². The summed E-state index contributed by atoms with van der Waals surface area (Å²) in [7, 11) is 0. The predicted octanol–water partition coefficient (Wildman–Crippen LogP) is -2.91. The van der Waals surface area contributed by atoms with Crippen molar-refractivity contribution in [3.05, 3.63) is 0 Å². The normalized spacial score (nSPS) is 17.2. The Kier molecular flexibility index (Phi) is 25.7. The monoisotopic (exact) mass is 655 g/mol. The van der Waals surface area contributed by atoms with E-state index < -0.39 is 73.9 Å². The van der Waals surface area contributed by atoms with Crippen molar-refractivity contribution >= 4 is 11.8 Å². The van der Waals surface area contributed by atoms with E-state index in [2.05, 4.69) is 22.5 Å². The molecule has 15 heteroatoms. The number of rotatable bonds is 29. The van der Waals surface area contributed by atoms with Crippen LogP contribution in [0.25, 0.3) is 0 Å². The maximum absolute atomic E-state index is 12.2. The quantitative estimate of drug-likeness (QED) is 0.0361. The molecule has 0 bridgehead atoms. The van der Waals surface area contributed by atoms with Gasteiger partial charge in [-0.3, -0.25) is 9.59 Å². The smallest absolute Gasteiger partial charge is 0.251 e. The van der Waals surface area contributed by atoms with Gasteiger partial charge >= 0.3 is 0 Å². The topological polar surface area (TPSA) is 264 Å². The van der Waals surface area contributed by atoms with Gasteiger partial charge in [-0.1, -0.05) is 64.7 Å². The summed E-state index contributed by atoms with van der Waals surface area (Å²) < 4.78 is 0. The van der Waals surface area contributed by atoms with Gasteiger partial charge in [-0.05, 0) is 38.9 Å². The minimum absolute atomic E-state index is 0.151. The molecule has 0 aliphatic heterocycles. The highest BCUT2D eigenvalue weighted by Gasteiger charge is 2.35. The zero-order chi connectivity index (χ0) is 34.2. The third-order valence-electron chi connectivity index (χ3n) is 7.78. The second-order valence-corrected chi connectivity index (χ2v) is 11.7. The second-order valence-electron chi connectivity index (χ2n) is 11.7. The number of carbonyl (C=O) groups is 2. The number of aliphatic hydroxyl groups is 10. The Balaban J connectivity index is 4.71. The summed E-state index contributed by atoms with van der Waals surface area (Å²) in [6.45, 7) is 2.67. The molecule has 15 nitrogen and oxygen atoms in total. The first-order valence-electron chi connectivity index (χ1n) is 16.4. The number of aliphatic hydroxyl groups excluding tert-OH is 10. The van der Waals surface area contributed by atoms with E-state index in [1.807, 2.05) is 0 Å².